The number of Topliss-reactive ketones (excluding diaryl/α,β-unsaturated/α-hetero) is 2. The summed E-state index contributed by atoms with van der Waals surface area (Å²) in [5.41, 5.74) is 2.70. The first-order chi connectivity index (χ1) is 21.0. The molecule has 1 saturated heterocycles. The second kappa shape index (κ2) is 13.9. The summed E-state index contributed by atoms with van der Waals surface area (Å²) in [5.74, 6) is 3.10. The highest BCUT2D eigenvalue weighted by Gasteiger charge is 2.64. The van der Waals surface area contributed by atoms with Crippen molar-refractivity contribution >= 4 is 17.7 Å². The summed E-state index contributed by atoms with van der Waals surface area (Å²) in [5, 5.41) is 0. The first kappa shape index (κ1) is 33.0. The van der Waals surface area contributed by atoms with E-state index in [0.29, 0.717) is 35.8 Å². The lowest BCUT2D eigenvalue weighted by atomic mass is 9.50. The van der Waals surface area contributed by atoms with E-state index in [1.165, 1.54) is 24.0 Å². The number of piperidine rings is 1. The molecule has 1 aromatic rings. The number of likely N-dealkylation sites (N-methyl/N-ethyl adjacent to an activating group) is 1. The molecule has 4 aliphatic rings. The van der Waals surface area contributed by atoms with E-state index in [2.05, 4.69) is 24.9 Å². The number of ketones is 2. The van der Waals surface area contributed by atoms with Crippen molar-refractivity contribution in [2.75, 3.05) is 13.6 Å². The summed E-state index contributed by atoms with van der Waals surface area (Å²) in [6.45, 7) is 10.9. The number of hydrogen-bond donors (Lipinski definition) is 0. The van der Waals surface area contributed by atoms with Gasteiger partial charge in [-0.2, -0.15) is 0 Å². The van der Waals surface area contributed by atoms with Gasteiger partial charge in [0, 0.05) is 35.3 Å². The lowest BCUT2D eigenvalue weighted by molar-refractivity contribution is -0.123. The van der Waals surface area contributed by atoms with Gasteiger partial charge in [0.05, 0.1) is 0 Å². The molecule has 2 fully saturated rings. The van der Waals surface area contributed by atoms with Gasteiger partial charge in [-0.15, -0.1) is 0 Å². The number of carbonyl (C=O) groups is 3. The number of hydrogen-bond acceptors (Lipinski definition) is 7. The van der Waals surface area contributed by atoms with Crippen LogP contribution in [0.25, 0.3) is 0 Å². The standard InChI is InChI=1S/C37H55NO6/c1-23(27(5)39)12-10-11-13-24(2)31(40)15-9-7-8-14-26(4)42-36(41)43-32-19-17-28-22-30-29-18-16-25(3)35-37(29,20-21-38(30)6)33(28)34(32)44-35/h17,19,23-26,29-30,35H,7-16,18,20-22H2,1-6H3. The van der Waals surface area contributed by atoms with E-state index >= 15 is 0 Å². The van der Waals surface area contributed by atoms with Gasteiger partial charge in [-0.1, -0.05) is 46.1 Å². The van der Waals surface area contributed by atoms with Crippen molar-refractivity contribution in [1.82, 2.24) is 4.90 Å². The van der Waals surface area contributed by atoms with Crippen LogP contribution in [0.1, 0.15) is 123 Å². The molecule has 0 aromatic heterocycles. The lowest BCUT2D eigenvalue weighted by Gasteiger charge is -2.58. The molecule has 7 heteroatoms. The average Bonchev–Trinajstić information content (AvgIpc) is 3.34. The second-order valence-corrected chi connectivity index (χ2v) is 14.7. The van der Waals surface area contributed by atoms with Crippen LogP contribution < -0.4 is 9.47 Å². The molecule has 2 aliphatic carbocycles. The van der Waals surface area contributed by atoms with Gasteiger partial charge in [-0.05, 0) is 109 Å². The Bertz CT molecular complexity index is 1210. The van der Waals surface area contributed by atoms with Crippen LogP contribution in [0.4, 0.5) is 4.79 Å². The number of nitrogens with zero attached hydrogens (tertiary/aromatic N) is 1. The van der Waals surface area contributed by atoms with Crippen molar-refractivity contribution in [3.05, 3.63) is 23.3 Å². The monoisotopic (exact) mass is 609 g/mol. The van der Waals surface area contributed by atoms with Gasteiger partial charge >= 0.3 is 6.16 Å². The van der Waals surface area contributed by atoms with E-state index < -0.39 is 6.16 Å². The van der Waals surface area contributed by atoms with Crippen molar-refractivity contribution in [2.24, 2.45) is 23.7 Å². The largest absolute Gasteiger partial charge is 0.514 e. The number of carbonyl (C=O) groups excluding carboxylic acids is 3. The van der Waals surface area contributed by atoms with Crippen LogP contribution in [0, 0.1) is 23.7 Å². The zero-order valence-corrected chi connectivity index (χ0v) is 28.0. The number of ether oxygens (including phenoxy) is 3. The maximum absolute atomic E-state index is 12.9. The quantitative estimate of drug-likeness (QED) is 0.114. The number of rotatable bonds is 15. The van der Waals surface area contributed by atoms with Crippen LogP contribution >= 0.6 is 0 Å². The van der Waals surface area contributed by atoms with E-state index in [9.17, 15) is 14.4 Å². The summed E-state index contributed by atoms with van der Waals surface area (Å²) in [4.78, 5) is 39.3. The maximum atomic E-state index is 12.9. The minimum absolute atomic E-state index is 0.0302. The Morgan fingerprint density at radius 3 is 2.48 bits per heavy atom. The predicted molar refractivity (Wildman–Crippen MR) is 171 cm³/mol. The Morgan fingerprint density at radius 2 is 1.73 bits per heavy atom. The SMILES string of the molecule is CC(=O)C(C)CCCCC(C)C(=O)CCCCCC(C)OC(=O)Oc1ccc2c3c1OC1C(C)CCC4C(C2)N(C)CCC341. The van der Waals surface area contributed by atoms with Crippen molar-refractivity contribution in [3.63, 3.8) is 0 Å². The molecule has 2 bridgehead atoms. The Hall–Kier alpha value is -2.41. The molecule has 8 atom stereocenters. The summed E-state index contributed by atoms with van der Waals surface area (Å²) < 4.78 is 18.2. The molecular weight excluding hydrogens is 554 g/mol. The fraction of sp³-hybridized carbons (Fsp3) is 0.757. The Labute approximate surface area is 264 Å². The molecule has 1 aromatic carbocycles. The molecule has 0 N–H and O–H groups in total. The fourth-order valence-electron chi connectivity index (χ4n) is 8.83. The molecule has 2 heterocycles. The molecule has 2 aliphatic heterocycles. The van der Waals surface area contributed by atoms with Gasteiger partial charge in [0.1, 0.15) is 23.8 Å². The normalized spacial score (nSPS) is 28.8. The van der Waals surface area contributed by atoms with E-state index in [0.717, 1.165) is 76.5 Å². The van der Waals surface area contributed by atoms with Crippen molar-refractivity contribution in [2.45, 2.75) is 142 Å². The smallest absolute Gasteiger partial charge is 0.485 e. The molecular formula is C37H55NO6. The van der Waals surface area contributed by atoms with Gasteiger partial charge in [-0.3, -0.25) is 9.59 Å². The van der Waals surface area contributed by atoms with E-state index in [1.54, 1.807) is 6.92 Å². The highest BCUT2D eigenvalue weighted by Crippen LogP contribution is 2.64. The summed E-state index contributed by atoms with van der Waals surface area (Å²) >= 11 is 0. The highest BCUT2D eigenvalue weighted by atomic mass is 16.7. The molecule has 244 valence electrons. The first-order valence-corrected chi connectivity index (χ1v) is 17.5. The molecule has 0 radical (unpaired) electrons. The van der Waals surface area contributed by atoms with Crippen LogP contribution in [-0.2, 0) is 26.2 Å². The molecule has 1 saturated carbocycles. The lowest BCUT2D eigenvalue weighted by Crippen LogP contribution is -2.64. The molecule has 1 spiro atoms. The first-order valence-electron chi connectivity index (χ1n) is 17.5. The van der Waals surface area contributed by atoms with Crippen molar-refractivity contribution < 1.29 is 28.6 Å². The number of likely N-dealkylation sites (tertiary alicyclic amines) is 1. The minimum Gasteiger partial charge on any atom is -0.485 e. The molecule has 0 amide bonds. The third-order valence-electron chi connectivity index (χ3n) is 11.7. The van der Waals surface area contributed by atoms with Crippen LogP contribution in [0.2, 0.25) is 0 Å². The van der Waals surface area contributed by atoms with Crippen molar-refractivity contribution in [1.29, 1.82) is 0 Å². The topological polar surface area (TPSA) is 82.1 Å². The van der Waals surface area contributed by atoms with E-state index in [4.69, 9.17) is 14.2 Å². The molecule has 8 unspecified atom stereocenters. The Kier molecular flexibility index (Phi) is 10.4. The molecule has 44 heavy (non-hydrogen) atoms. The minimum atomic E-state index is -0.673. The average molecular weight is 610 g/mol. The van der Waals surface area contributed by atoms with Crippen molar-refractivity contribution in [3.8, 4) is 11.5 Å². The Balaban J connectivity index is 1.06. The Morgan fingerprint density at radius 1 is 1.00 bits per heavy atom. The van der Waals surface area contributed by atoms with Gasteiger partial charge < -0.3 is 19.1 Å². The number of unbranched alkanes of at least 4 members (excludes halogenated alkanes) is 3. The van der Waals surface area contributed by atoms with Crippen LogP contribution in [0.5, 0.6) is 11.5 Å². The van der Waals surface area contributed by atoms with Gasteiger partial charge in [0.25, 0.3) is 0 Å². The summed E-state index contributed by atoms with van der Waals surface area (Å²) in [7, 11) is 2.27. The van der Waals surface area contributed by atoms with E-state index in [1.807, 2.05) is 26.8 Å². The maximum Gasteiger partial charge on any atom is 0.514 e. The predicted octanol–water partition coefficient (Wildman–Crippen LogP) is 7.84. The summed E-state index contributed by atoms with van der Waals surface area (Å²) in [6, 6.07) is 4.61. The van der Waals surface area contributed by atoms with Crippen LogP contribution in [0.3, 0.4) is 0 Å². The third kappa shape index (κ3) is 6.59. The highest BCUT2D eigenvalue weighted by molar-refractivity contribution is 5.80. The fourth-order valence-corrected chi connectivity index (χ4v) is 8.83. The van der Waals surface area contributed by atoms with Crippen LogP contribution in [-0.4, -0.2) is 54.5 Å². The van der Waals surface area contributed by atoms with Gasteiger partial charge in [-0.25, -0.2) is 4.79 Å². The zero-order valence-electron chi connectivity index (χ0n) is 28.0. The third-order valence-corrected chi connectivity index (χ3v) is 11.7. The molecule has 7 nitrogen and oxygen atoms in total. The van der Waals surface area contributed by atoms with Gasteiger partial charge in [0.2, 0.25) is 0 Å². The van der Waals surface area contributed by atoms with Crippen LogP contribution in [0.15, 0.2) is 12.1 Å². The zero-order chi connectivity index (χ0) is 31.6. The summed E-state index contributed by atoms with van der Waals surface area (Å²) in [6.07, 6.45) is 11.6. The van der Waals surface area contributed by atoms with E-state index in [-0.39, 0.29) is 35.2 Å². The van der Waals surface area contributed by atoms with Gasteiger partial charge in [0.15, 0.2) is 11.5 Å². The second-order valence-electron chi connectivity index (χ2n) is 14.7. The number of benzene rings is 1. The molecule has 5 rings (SSSR count).